The summed E-state index contributed by atoms with van der Waals surface area (Å²) in [6, 6.07) is 1.80. The van der Waals surface area contributed by atoms with Gasteiger partial charge in [0.2, 0.25) is 5.91 Å². The van der Waals surface area contributed by atoms with E-state index in [1.54, 1.807) is 11.0 Å². The molecule has 0 radical (unpaired) electrons. The first-order valence-electron chi connectivity index (χ1n) is 5.26. The molecule has 0 fully saturated rings. The fraction of sp³-hybridized carbons (Fsp3) is 0.500. The molecule has 1 aromatic heterocycles. The van der Waals surface area contributed by atoms with Crippen LogP contribution in [0.2, 0.25) is 0 Å². The smallest absolute Gasteiger partial charge is 0.236 e. The third kappa shape index (κ3) is 3.38. The van der Waals surface area contributed by atoms with Crippen LogP contribution in [0.5, 0.6) is 0 Å². The number of carbonyl (C=O) groups excluding carboxylic acids is 1. The lowest BCUT2D eigenvalue weighted by molar-refractivity contribution is -0.116. The molecule has 88 valence electrons. The second-order valence-electron chi connectivity index (χ2n) is 3.27. The van der Waals surface area contributed by atoms with Crippen molar-refractivity contribution in [3.05, 3.63) is 12.4 Å². The van der Waals surface area contributed by atoms with Gasteiger partial charge in [0.25, 0.3) is 0 Å². The van der Waals surface area contributed by atoms with Crippen LogP contribution < -0.4 is 16.0 Å². The average Bonchev–Trinajstić information content (AvgIpc) is 2.26. The van der Waals surface area contributed by atoms with Gasteiger partial charge in [0.15, 0.2) is 0 Å². The van der Waals surface area contributed by atoms with E-state index in [1.165, 1.54) is 6.33 Å². The summed E-state index contributed by atoms with van der Waals surface area (Å²) in [6.07, 6.45) is 1.47. The Bertz CT molecular complexity index is 355. The summed E-state index contributed by atoms with van der Waals surface area (Å²) >= 11 is 0. The Morgan fingerprint density at radius 2 is 2.25 bits per heavy atom. The van der Waals surface area contributed by atoms with Gasteiger partial charge in [-0.05, 0) is 13.8 Å². The predicted octanol–water partition coefficient (Wildman–Crippen LogP) is 0.220. The third-order valence-electron chi connectivity index (χ3n) is 2.06. The van der Waals surface area contributed by atoms with Gasteiger partial charge in [-0.3, -0.25) is 4.79 Å². The van der Waals surface area contributed by atoms with Crippen LogP contribution >= 0.6 is 0 Å². The van der Waals surface area contributed by atoms with Crippen molar-refractivity contribution in [1.82, 2.24) is 9.97 Å². The maximum atomic E-state index is 10.9. The molecule has 1 rings (SSSR count). The second-order valence-corrected chi connectivity index (χ2v) is 3.27. The number of nitrogens with two attached hydrogens (primary N) is 1. The summed E-state index contributed by atoms with van der Waals surface area (Å²) in [6.45, 7) is 5.56. The monoisotopic (exact) mass is 223 g/mol. The first kappa shape index (κ1) is 12.2. The van der Waals surface area contributed by atoms with Gasteiger partial charge in [-0.25, -0.2) is 9.97 Å². The van der Waals surface area contributed by atoms with Crippen LogP contribution in [0.4, 0.5) is 11.6 Å². The van der Waals surface area contributed by atoms with E-state index in [-0.39, 0.29) is 12.5 Å². The molecule has 6 heteroatoms. The molecule has 0 saturated carbocycles. The van der Waals surface area contributed by atoms with Crippen molar-refractivity contribution >= 4 is 17.5 Å². The zero-order chi connectivity index (χ0) is 12.0. The molecule has 0 aliphatic carbocycles. The predicted molar refractivity (Wildman–Crippen MR) is 63.3 cm³/mol. The van der Waals surface area contributed by atoms with Gasteiger partial charge in [0, 0.05) is 19.2 Å². The number of primary amides is 1. The number of nitrogens with zero attached hydrogens (tertiary/aromatic N) is 3. The van der Waals surface area contributed by atoms with Crippen molar-refractivity contribution in [1.29, 1.82) is 0 Å². The molecule has 1 amide bonds. The Hall–Kier alpha value is -1.85. The highest BCUT2D eigenvalue weighted by Gasteiger charge is 2.09. The van der Waals surface area contributed by atoms with E-state index in [9.17, 15) is 4.79 Å². The first-order valence-corrected chi connectivity index (χ1v) is 5.26. The van der Waals surface area contributed by atoms with Gasteiger partial charge in [-0.15, -0.1) is 0 Å². The van der Waals surface area contributed by atoms with Gasteiger partial charge in [-0.1, -0.05) is 0 Å². The zero-order valence-electron chi connectivity index (χ0n) is 9.60. The maximum Gasteiger partial charge on any atom is 0.236 e. The van der Waals surface area contributed by atoms with Crippen molar-refractivity contribution < 1.29 is 4.79 Å². The molecule has 0 bridgehead atoms. The molecule has 0 spiro atoms. The summed E-state index contributed by atoms with van der Waals surface area (Å²) in [5, 5.41) is 3.09. The molecule has 16 heavy (non-hydrogen) atoms. The average molecular weight is 223 g/mol. The van der Waals surface area contributed by atoms with Crippen molar-refractivity contribution in [3.8, 4) is 0 Å². The third-order valence-corrected chi connectivity index (χ3v) is 2.06. The molecule has 6 nitrogen and oxygen atoms in total. The number of nitrogens with one attached hydrogen (secondary N) is 1. The van der Waals surface area contributed by atoms with Crippen LogP contribution in [-0.2, 0) is 4.79 Å². The van der Waals surface area contributed by atoms with E-state index in [4.69, 9.17) is 5.73 Å². The Kier molecular flexibility index (Phi) is 4.50. The summed E-state index contributed by atoms with van der Waals surface area (Å²) in [4.78, 5) is 20.8. The van der Waals surface area contributed by atoms with Gasteiger partial charge >= 0.3 is 0 Å². The van der Waals surface area contributed by atoms with Crippen LogP contribution in [0.15, 0.2) is 12.4 Å². The second kappa shape index (κ2) is 5.89. The number of rotatable bonds is 6. The molecule has 0 aliphatic heterocycles. The van der Waals surface area contributed by atoms with Crippen molar-refractivity contribution in [2.24, 2.45) is 5.73 Å². The SMILES string of the molecule is CCNc1cc(N(CC)CC(N)=O)ncn1. The molecule has 1 heterocycles. The van der Waals surface area contributed by atoms with Crippen LogP contribution in [0.1, 0.15) is 13.8 Å². The van der Waals surface area contributed by atoms with E-state index in [0.717, 1.165) is 12.4 Å². The Morgan fingerprint density at radius 1 is 1.50 bits per heavy atom. The topological polar surface area (TPSA) is 84.1 Å². The normalized spacial score (nSPS) is 9.88. The van der Waals surface area contributed by atoms with Crippen molar-refractivity contribution in [2.45, 2.75) is 13.8 Å². The fourth-order valence-corrected chi connectivity index (χ4v) is 1.34. The number of carbonyl (C=O) groups is 1. The fourth-order valence-electron chi connectivity index (χ4n) is 1.34. The highest BCUT2D eigenvalue weighted by molar-refractivity contribution is 5.79. The molecule has 0 aliphatic rings. The Labute approximate surface area is 94.9 Å². The number of likely N-dealkylation sites (N-methyl/N-ethyl adjacent to an activating group) is 1. The molecule has 3 N–H and O–H groups in total. The Morgan fingerprint density at radius 3 is 2.81 bits per heavy atom. The van der Waals surface area contributed by atoms with E-state index in [0.29, 0.717) is 12.4 Å². The molecular formula is C10H17N5O. The number of hydrogen-bond donors (Lipinski definition) is 2. The van der Waals surface area contributed by atoms with E-state index >= 15 is 0 Å². The lowest BCUT2D eigenvalue weighted by atomic mass is 10.4. The van der Waals surface area contributed by atoms with Crippen LogP contribution in [0, 0.1) is 0 Å². The molecular weight excluding hydrogens is 206 g/mol. The van der Waals surface area contributed by atoms with Gasteiger partial charge in [-0.2, -0.15) is 0 Å². The number of hydrogen-bond acceptors (Lipinski definition) is 5. The van der Waals surface area contributed by atoms with Gasteiger partial charge in [0.05, 0.1) is 6.54 Å². The number of aromatic nitrogens is 2. The van der Waals surface area contributed by atoms with E-state index < -0.39 is 0 Å². The van der Waals surface area contributed by atoms with E-state index in [2.05, 4.69) is 15.3 Å². The zero-order valence-corrected chi connectivity index (χ0v) is 9.60. The molecule has 0 aromatic carbocycles. The summed E-state index contributed by atoms with van der Waals surface area (Å²) in [5.74, 6) is 1.08. The lowest BCUT2D eigenvalue weighted by Gasteiger charge is -2.20. The minimum atomic E-state index is -0.370. The minimum absolute atomic E-state index is 0.166. The molecule has 0 saturated heterocycles. The summed E-state index contributed by atoms with van der Waals surface area (Å²) in [5.41, 5.74) is 5.16. The standard InChI is InChI=1S/C10H17N5O/c1-3-12-9-5-10(14-7-13-9)15(4-2)6-8(11)16/h5,7H,3-4,6H2,1-2H3,(H2,11,16)(H,12,13,14). The highest BCUT2D eigenvalue weighted by Crippen LogP contribution is 2.13. The van der Waals surface area contributed by atoms with Crippen LogP contribution in [-0.4, -0.2) is 35.5 Å². The minimum Gasteiger partial charge on any atom is -0.370 e. The van der Waals surface area contributed by atoms with E-state index in [1.807, 2.05) is 13.8 Å². The van der Waals surface area contributed by atoms with Crippen molar-refractivity contribution in [2.75, 3.05) is 29.9 Å². The first-order chi connectivity index (χ1) is 7.67. The quantitative estimate of drug-likeness (QED) is 0.720. The highest BCUT2D eigenvalue weighted by atomic mass is 16.1. The molecule has 0 atom stereocenters. The Balaban J connectivity index is 2.83. The van der Waals surface area contributed by atoms with Crippen LogP contribution in [0.3, 0.4) is 0 Å². The van der Waals surface area contributed by atoms with Gasteiger partial charge < -0.3 is 16.0 Å². The summed E-state index contributed by atoms with van der Waals surface area (Å²) in [7, 11) is 0. The van der Waals surface area contributed by atoms with Crippen LogP contribution in [0.25, 0.3) is 0 Å². The maximum absolute atomic E-state index is 10.9. The summed E-state index contributed by atoms with van der Waals surface area (Å²) < 4.78 is 0. The molecule has 0 unspecified atom stereocenters. The van der Waals surface area contributed by atoms with Crippen molar-refractivity contribution in [3.63, 3.8) is 0 Å². The van der Waals surface area contributed by atoms with Gasteiger partial charge in [0.1, 0.15) is 18.0 Å². The largest absolute Gasteiger partial charge is 0.370 e. The lowest BCUT2D eigenvalue weighted by Crippen LogP contribution is -2.34. The molecule has 1 aromatic rings. The number of amides is 1. The number of anilines is 2.